The van der Waals surface area contributed by atoms with Gasteiger partial charge in [0.25, 0.3) is 5.56 Å². The molecule has 102 valence electrons. The van der Waals surface area contributed by atoms with Crippen LogP contribution in [-0.2, 0) is 9.53 Å². The van der Waals surface area contributed by atoms with Crippen LogP contribution in [0.15, 0.2) is 21.5 Å². The Bertz CT molecular complexity index is 654. The summed E-state index contributed by atoms with van der Waals surface area (Å²) in [7, 11) is 0. The van der Waals surface area contributed by atoms with E-state index in [1.807, 2.05) is 0 Å². The first kappa shape index (κ1) is 13.3. The molecule has 0 saturated carbocycles. The van der Waals surface area contributed by atoms with E-state index in [2.05, 4.69) is 4.98 Å². The summed E-state index contributed by atoms with van der Waals surface area (Å²) in [5.41, 5.74) is -0.897. The van der Waals surface area contributed by atoms with Crippen LogP contribution < -0.4 is 11.2 Å². The minimum Gasteiger partial charge on any atom is -0.500 e. The number of aromatic nitrogens is 2. The monoisotopic (exact) mass is 268 g/mol. The third-order valence-electron chi connectivity index (χ3n) is 2.93. The van der Waals surface area contributed by atoms with E-state index in [1.54, 1.807) is 0 Å². The number of carbonyl (C=O) groups excluding carboxylic acids is 1. The third kappa shape index (κ3) is 2.37. The summed E-state index contributed by atoms with van der Waals surface area (Å²) in [4.78, 5) is 35.3. The Balaban J connectivity index is 2.36. The molecule has 1 aliphatic rings. The number of rotatable bonds is 2. The number of nitrogens with zero attached hydrogens (tertiary/aromatic N) is 1. The molecule has 0 aliphatic carbocycles. The summed E-state index contributed by atoms with van der Waals surface area (Å²) in [5, 5.41) is 18.9. The second-order valence-electron chi connectivity index (χ2n) is 4.28. The van der Waals surface area contributed by atoms with Crippen LogP contribution in [0, 0.1) is 6.92 Å². The van der Waals surface area contributed by atoms with Crippen molar-refractivity contribution in [2.75, 3.05) is 0 Å². The van der Waals surface area contributed by atoms with Gasteiger partial charge in [-0.3, -0.25) is 14.3 Å². The largest absolute Gasteiger partial charge is 0.500 e. The Hall–Kier alpha value is -2.15. The fourth-order valence-electron chi connectivity index (χ4n) is 1.93. The first-order valence-electron chi connectivity index (χ1n) is 5.53. The molecule has 3 atom stereocenters. The standard InChI is InChI=1S/C11H12N2O6/c1-5-3-13(11(18)12-10(5)17)8-2-6(15)9(19-8)7(16)4-14/h3,6,8-9,15-16H,2H2,1H3,(H,12,17,18)/t6-,8+,9-/m0/s1. The highest BCUT2D eigenvalue weighted by Crippen LogP contribution is 2.29. The lowest BCUT2D eigenvalue weighted by molar-refractivity contribution is -0.0184. The maximum atomic E-state index is 11.6. The number of aliphatic hydroxyl groups excluding tert-OH is 2. The van der Waals surface area contributed by atoms with Crippen molar-refractivity contribution >= 4 is 5.94 Å². The van der Waals surface area contributed by atoms with E-state index in [1.165, 1.54) is 19.1 Å². The molecule has 2 heterocycles. The minimum atomic E-state index is -1.22. The number of aliphatic hydroxyl groups is 2. The van der Waals surface area contributed by atoms with Crippen molar-refractivity contribution in [3.8, 4) is 0 Å². The molecule has 8 nitrogen and oxygen atoms in total. The van der Waals surface area contributed by atoms with E-state index < -0.39 is 35.4 Å². The van der Waals surface area contributed by atoms with Crippen molar-refractivity contribution in [3.63, 3.8) is 0 Å². The van der Waals surface area contributed by atoms with Crippen LogP contribution in [0.3, 0.4) is 0 Å². The molecule has 1 aliphatic heterocycles. The third-order valence-corrected chi connectivity index (χ3v) is 2.93. The zero-order chi connectivity index (χ0) is 14.2. The van der Waals surface area contributed by atoms with Gasteiger partial charge in [-0.2, -0.15) is 0 Å². The lowest BCUT2D eigenvalue weighted by Crippen LogP contribution is -2.33. The van der Waals surface area contributed by atoms with Crippen LogP contribution in [0.5, 0.6) is 0 Å². The summed E-state index contributed by atoms with van der Waals surface area (Å²) in [6.45, 7) is 1.51. The molecule has 0 radical (unpaired) electrons. The Kier molecular flexibility index (Phi) is 3.39. The molecule has 0 amide bonds. The fourth-order valence-corrected chi connectivity index (χ4v) is 1.93. The number of H-pyrrole nitrogens is 1. The molecule has 1 fully saturated rings. The summed E-state index contributed by atoms with van der Waals surface area (Å²) in [6, 6.07) is 0. The van der Waals surface area contributed by atoms with Crippen molar-refractivity contribution in [3.05, 3.63) is 38.4 Å². The van der Waals surface area contributed by atoms with Gasteiger partial charge in [0.15, 0.2) is 12.0 Å². The van der Waals surface area contributed by atoms with E-state index >= 15 is 0 Å². The van der Waals surface area contributed by atoms with Crippen LogP contribution in [0.1, 0.15) is 18.2 Å². The van der Waals surface area contributed by atoms with Crippen LogP contribution in [0.2, 0.25) is 0 Å². The van der Waals surface area contributed by atoms with Gasteiger partial charge in [0.2, 0.25) is 5.76 Å². The first-order valence-corrected chi connectivity index (χ1v) is 5.53. The topological polar surface area (TPSA) is 122 Å². The molecule has 1 saturated heterocycles. The maximum Gasteiger partial charge on any atom is 0.330 e. The van der Waals surface area contributed by atoms with Gasteiger partial charge in [-0.1, -0.05) is 0 Å². The van der Waals surface area contributed by atoms with Gasteiger partial charge in [-0.15, -0.1) is 0 Å². The molecule has 0 aromatic carbocycles. The van der Waals surface area contributed by atoms with Crippen LogP contribution in [-0.4, -0.2) is 37.9 Å². The molecule has 1 aromatic rings. The number of aryl methyl sites for hydroxylation is 1. The predicted molar refractivity (Wildman–Crippen MR) is 62.4 cm³/mol. The highest BCUT2D eigenvalue weighted by molar-refractivity contribution is 5.50. The molecule has 1 aromatic heterocycles. The molecule has 8 heteroatoms. The molecular formula is C11H12N2O6. The van der Waals surface area contributed by atoms with Crippen LogP contribution in [0.4, 0.5) is 0 Å². The summed E-state index contributed by atoms with van der Waals surface area (Å²) >= 11 is 0. The lowest BCUT2D eigenvalue weighted by atomic mass is 10.1. The van der Waals surface area contributed by atoms with Crippen molar-refractivity contribution < 1.29 is 19.7 Å². The fraction of sp³-hybridized carbons (Fsp3) is 0.455. The molecular weight excluding hydrogens is 256 g/mol. The lowest BCUT2D eigenvalue weighted by Gasteiger charge is -2.14. The molecule has 19 heavy (non-hydrogen) atoms. The number of nitrogens with one attached hydrogen (secondary N) is 1. The number of hydrogen-bond acceptors (Lipinski definition) is 6. The zero-order valence-electron chi connectivity index (χ0n) is 9.99. The normalized spacial score (nSPS) is 26.1. The molecule has 3 N–H and O–H groups in total. The number of aromatic amines is 1. The summed E-state index contributed by atoms with van der Waals surface area (Å²) in [6.07, 6.45) is -1.93. The molecule has 0 unspecified atom stereocenters. The Morgan fingerprint density at radius 3 is 2.89 bits per heavy atom. The van der Waals surface area contributed by atoms with Crippen molar-refractivity contribution in [1.82, 2.24) is 9.55 Å². The van der Waals surface area contributed by atoms with E-state index in [0.717, 1.165) is 4.57 Å². The van der Waals surface area contributed by atoms with Gasteiger partial charge < -0.3 is 14.9 Å². The maximum absolute atomic E-state index is 11.6. The summed E-state index contributed by atoms with van der Waals surface area (Å²) < 4.78 is 6.32. The van der Waals surface area contributed by atoms with E-state index in [-0.39, 0.29) is 6.42 Å². The smallest absolute Gasteiger partial charge is 0.330 e. The Morgan fingerprint density at radius 2 is 2.26 bits per heavy atom. The number of ether oxygens (including phenoxy) is 1. The van der Waals surface area contributed by atoms with E-state index in [4.69, 9.17) is 4.74 Å². The average Bonchev–Trinajstić information content (AvgIpc) is 2.75. The van der Waals surface area contributed by atoms with Gasteiger partial charge in [0.05, 0.1) is 6.10 Å². The second-order valence-corrected chi connectivity index (χ2v) is 4.28. The van der Waals surface area contributed by atoms with Crippen LogP contribution in [0.25, 0.3) is 0 Å². The van der Waals surface area contributed by atoms with Crippen LogP contribution >= 0.6 is 0 Å². The average molecular weight is 268 g/mol. The van der Waals surface area contributed by atoms with E-state index in [0.29, 0.717) is 5.56 Å². The van der Waals surface area contributed by atoms with Crippen molar-refractivity contribution in [1.29, 1.82) is 0 Å². The van der Waals surface area contributed by atoms with Crippen molar-refractivity contribution in [2.24, 2.45) is 0 Å². The summed E-state index contributed by atoms with van der Waals surface area (Å²) in [5.74, 6) is 0.476. The second kappa shape index (κ2) is 4.85. The Morgan fingerprint density at radius 1 is 1.58 bits per heavy atom. The quantitative estimate of drug-likeness (QED) is 0.456. The first-order chi connectivity index (χ1) is 8.93. The highest BCUT2D eigenvalue weighted by atomic mass is 16.5. The SMILES string of the molecule is Cc1cn([C@H]2C[C@H](O)[C@@H](C(O)=C=O)O2)c(=O)[nH]c1=O. The molecule has 0 bridgehead atoms. The van der Waals surface area contributed by atoms with Gasteiger partial charge >= 0.3 is 5.69 Å². The number of hydrogen-bond donors (Lipinski definition) is 3. The van der Waals surface area contributed by atoms with Gasteiger partial charge in [0, 0.05) is 18.2 Å². The molecule has 0 spiro atoms. The highest BCUT2D eigenvalue weighted by Gasteiger charge is 2.38. The molecule has 2 rings (SSSR count). The minimum absolute atomic E-state index is 0.00178. The van der Waals surface area contributed by atoms with Gasteiger partial charge in [-0.05, 0) is 6.92 Å². The Labute approximate surface area is 106 Å². The van der Waals surface area contributed by atoms with Gasteiger partial charge in [-0.25, -0.2) is 9.59 Å². The van der Waals surface area contributed by atoms with E-state index in [9.17, 15) is 24.6 Å². The zero-order valence-corrected chi connectivity index (χ0v) is 9.99. The predicted octanol–water partition coefficient (Wildman–Crippen LogP) is -1.23. The van der Waals surface area contributed by atoms with Gasteiger partial charge in [0.1, 0.15) is 6.23 Å². The van der Waals surface area contributed by atoms with Crippen molar-refractivity contribution in [2.45, 2.75) is 31.8 Å².